The molecule has 7 heteroatoms. The predicted octanol–water partition coefficient (Wildman–Crippen LogP) is 3.84. The van der Waals surface area contributed by atoms with Crippen LogP contribution >= 0.6 is 27.5 Å². The van der Waals surface area contributed by atoms with Gasteiger partial charge in [0.25, 0.3) is 5.91 Å². The van der Waals surface area contributed by atoms with Crippen molar-refractivity contribution in [2.24, 2.45) is 0 Å². The predicted molar refractivity (Wildman–Crippen MR) is 94.1 cm³/mol. The minimum absolute atomic E-state index is 0.0480. The number of hydrogen-bond donors (Lipinski definition) is 2. The highest BCUT2D eigenvalue weighted by Gasteiger charge is 2.16. The van der Waals surface area contributed by atoms with E-state index < -0.39 is 18.5 Å². The van der Waals surface area contributed by atoms with Crippen molar-refractivity contribution in [3.8, 4) is 5.75 Å². The fourth-order valence-electron chi connectivity index (χ4n) is 2.00. The smallest absolute Gasteiger partial charge is 0.342 e. The van der Waals surface area contributed by atoms with E-state index in [2.05, 4.69) is 21.2 Å². The van der Waals surface area contributed by atoms with Gasteiger partial charge in [-0.2, -0.15) is 0 Å². The van der Waals surface area contributed by atoms with Gasteiger partial charge in [-0.3, -0.25) is 4.79 Å². The van der Waals surface area contributed by atoms with E-state index in [4.69, 9.17) is 16.3 Å². The van der Waals surface area contributed by atoms with Gasteiger partial charge in [0.1, 0.15) is 11.3 Å². The molecule has 2 aromatic rings. The minimum atomic E-state index is -0.796. The zero-order chi connectivity index (χ0) is 17.7. The van der Waals surface area contributed by atoms with E-state index in [1.54, 1.807) is 0 Å². The Morgan fingerprint density at radius 1 is 1.25 bits per heavy atom. The number of phenols is 1. The summed E-state index contributed by atoms with van der Waals surface area (Å²) in [6.45, 7) is 1.38. The lowest BCUT2D eigenvalue weighted by atomic mass is 10.1. The van der Waals surface area contributed by atoms with E-state index in [0.29, 0.717) is 5.02 Å². The molecule has 0 aliphatic carbocycles. The number of phenolic OH excluding ortho intramolecular Hbond substituents is 1. The van der Waals surface area contributed by atoms with E-state index in [9.17, 15) is 14.7 Å². The molecule has 0 heterocycles. The lowest BCUT2D eigenvalue weighted by Gasteiger charge is -2.14. The van der Waals surface area contributed by atoms with Crippen LogP contribution in [-0.2, 0) is 9.53 Å². The number of rotatable bonds is 5. The zero-order valence-corrected chi connectivity index (χ0v) is 15.1. The maximum atomic E-state index is 11.9. The van der Waals surface area contributed by atoms with E-state index in [1.807, 2.05) is 31.2 Å². The van der Waals surface area contributed by atoms with Gasteiger partial charge in [-0.05, 0) is 42.8 Å². The van der Waals surface area contributed by atoms with Crippen molar-refractivity contribution < 1.29 is 19.4 Å². The van der Waals surface area contributed by atoms with Gasteiger partial charge in [0.15, 0.2) is 6.61 Å². The summed E-state index contributed by atoms with van der Waals surface area (Å²) in [7, 11) is 0. The number of benzene rings is 2. The van der Waals surface area contributed by atoms with Crippen molar-refractivity contribution in [1.82, 2.24) is 5.32 Å². The monoisotopic (exact) mass is 411 g/mol. The van der Waals surface area contributed by atoms with Crippen molar-refractivity contribution in [1.29, 1.82) is 0 Å². The van der Waals surface area contributed by atoms with E-state index in [0.717, 1.165) is 10.0 Å². The number of esters is 1. The van der Waals surface area contributed by atoms with Crippen LogP contribution < -0.4 is 5.32 Å². The second kappa shape index (κ2) is 8.17. The molecule has 1 atom stereocenters. The minimum Gasteiger partial charge on any atom is -0.507 e. The van der Waals surface area contributed by atoms with Crippen molar-refractivity contribution >= 4 is 39.4 Å². The van der Waals surface area contributed by atoms with Crippen LogP contribution in [0.2, 0.25) is 5.02 Å². The first-order chi connectivity index (χ1) is 11.4. The van der Waals surface area contributed by atoms with Gasteiger partial charge in [-0.1, -0.05) is 39.7 Å². The van der Waals surface area contributed by atoms with Crippen LogP contribution in [0.3, 0.4) is 0 Å². The molecule has 5 nitrogen and oxygen atoms in total. The third-order valence-electron chi connectivity index (χ3n) is 3.26. The molecule has 0 saturated carbocycles. The SMILES string of the molecule is C[C@H](NC(=O)COC(=O)c1ccc(Cl)cc1O)c1ccc(Br)cc1. The fraction of sp³-hybridized carbons (Fsp3) is 0.176. The standard InChI is InChI=1S/C17H15BrClNO4/c1-10(11-2-4-12(18)5-3-11)20-16(22)9-24-17(23)14-7-6-13(19)8-15(14)21/h2-8,10,21H,9H2,1H3,(H,20,22)/t10-/m0/s1. The number of halogens is 2. The van der Waals surface area contributed by atoms with Crippen molar-refractivity contribution in [2.75, 3.05) is 6.61 Å². The summed E-state index contributed by atoms with van der Waals surface area (Å²) in [5, 5.41) is 12.7. The van der Waals surface area contributed by atoms with E-state index in [-0.39, 0.29) is 17.4 Å². The number of ether oxygens (including phenoxy) is 1. The van der Waals surface area contributed by atoms with Gasteiger partial charge >= 0.3 is 5.97 Å². The normalized spacial score (nSPS) is 11.6. The number of amides is 1. The molecule has 126 valence electrons. The van der Waals surface area contributed by atoms with E-state index in [1.165, 1.54) is 18.2 Å². The maximum Gasteiger partial charge on any atom is 0.342 e. The lowest BCUT2D eigenvalue weighted by molar-refractivity contribution is -0.124. The molecule has 0 saturated heterocycles. The van der Waals surface area contributed by atoms with Crippen molar-refractivity contribution in [2.45, 2.75) is 13.0 Å². The highest BCUT2D eigenvalue weighted by molar-refractivity contribution is 9.10. The van der Waals surface area contributed by atoms with Crippen molar-refractivity contribution in [3.05, 3.63) is 63.1 Å². The summed E-state index contributed by atoms with van der Waals surface area (Å²) in [5.74, 6) is -1.53. The molecule has 0 bridgehead atoms. The molecule has 0 spiro atoms. The van der Waals surface area contributed by atoms with Crippen LogP contribution in [0.5, 0.6) is 5.75 Å². The first-order valence-electron chi connectivity index (χ1n) is 7.07. The van der Waals surface area contributed by atoms with Crippen molar-refractivity contribution in [3.63, 3.8) is 0 Å². The fourth-order valence-corrected chi connectivity index (χ4v) is 2.43. The average Bonchev–Trinajstić information content (AvgIpc) is 2.53. The maximum absolute atomic E-state index is 11.9. The van der Waals surface area contributed by atoms with Gasteiger partial charge in [-0.15, -0.1) is 0 Å². The molecule has 2 rings (SSSR count). The Morgan fingerprint density at radius 2 is 1.92 bits per heavy atom. The van der Waals surface area contributed by atoms with Gasteiger partial charge < -0.3 is 15.2 Å². The van der Waals surface area contributed by atoms with Crippen LogP contribution in [-0.4, -0.2) is 23.6 Å². The van der Waals surface area contributed by atoms with E-state index >= 15 is 0 Å². The number of nitrogens with one attached hydrogen (secondary N) is 1. The molecule has 0 fully saturated rings. The topological polar surface area (TPSA) is 75.6 Å². The summed E-state index contributed by atoms with van der Waals surface area (Å²) in [6.07, 6.45) is 0. The third-order valence-corrected chi connectivity index (χ3v) is 4.03. The molecule has 0 aliphatic rings. The Hall–Kier alpha value is -2.05. The molecule has 0 aromatic heterocycles. The highest BCUT2D eigenvalue weighted by atomic mass is 79.9. The quantitative estimate of drug-likeness (QED) is 0.732. The molecule has 24 heavy (non-hydrogen) atoms. The third kappa shape index (κ3) is 4.97. The van der Waals surface area contributed by atoms with Gasteiger partial charge in [0.05, 0.1) is 6.04 Å². The highest BCUT2D eigenvalue weighted by Crippen LogP contribution is 2.22. The Morgan fingerprint density at radius 3 is 2.54 bits per heavy atom. The van der Waals surface area contributed by atoms with Gasteiger partial charge in [0.2, 0.25) is 0 Å². The second-order valence-corrected chi connectivity index (χ2v) is 6.43. The molecule has 0 aliphatic heterocycles. The molecular weight excluding hydrogens is 398 g/mol. The first kappa shape index (κ1) is 18.3. The number of aromatic hydroxyl groups is 1. The van der Waals surface area contributed by atoms with Gasteiger partial charge in [0, 0.05) is 9.50 Å². The summed E-state index contributed by atoms with van der Waals surface area (Å²) in [5.41, 5.74) is 0.876. The van der Waals surface area contributed by atoms with Crippen LogP contribution in [0, 0.1) is 0 Å². The summed E-state index contributed by atoms with van der Waals surface area (Å²) < 4.78 is 5.85. The van der Waals surface area contributed by atoms with Crippen LogP contribution in [0.1, 0.15) is 28.9 Å². The molecule has 2 aromatic carbocycles. The number of hydrogen-bond acceptors (Lipinski definition) is 4. The molecule has 2 N–H and O–H groups in total. The summed E-state index contributed by atoms with van der Waals surface area (Å²) in [6, 6.07) is 11.3. The van der Waals surface area contributed by atoms with Crippen LogP contribution in [0.15, 0.2) is 46.9 Å². The Bertz CT molecular complexity index is 749. The Balaban J connectivity index is 1.88. The molecular formula is C17H15BrClNO4. The largest absolute Gasteiger partial charge is 0.507 e. The first-order valence-corrected chi connectivity index (χ1v) is 8.24. The second-order valence-electron chi connectivity index (χ2n) is 5.08. The summed E-state index contributed by atoms with van der Waals surface area (Å²) in [4.78, 5) is 23.8. The van der Waals surface area contributed by atoms with Crippen LogP contribution in [0.25, 0.3) is 0 Å². The Labute approximate surface area is 152 Å². The average molecular weight is 413 g/mol. The molecule has 1 amide bonds. The van der Waals surface area contributed by atoms with Crippen LogP contribution in [0.4, 0.5) is 0 Å². The number of carbonyl (C=O) groups is 2. The lowest BCUT2D eigenvalue weighted by Crippen LogP contribution is -2.31. The molecule has 0 radical (unpaired) electrons. The molecule has 0 unspecified atom stereocenters. The Kier molecular flexibility index (Phi) is 6.23. The zero-order valence-electron chi connectivity index (χ0n) is 12.8. The van der Waals surface area contributed by atoms with Gasteiger partial charge in [-0.25, -0.2) is 4.79 Å². The summed E-state index contributed by atoms with van der Waals surface area (Å²) >= 11 is 9.04. The number of carbonyl (C=O) groups excluding carboxylic acids is 2.